The van der Waals surface area contributed by atoms with Crippen LogP contribution < -0.4 is 4.74 Å². The summed E-state index contributed by atoms with van der Waals surface area (Å²) >= 11 is 0. The Bertz CT molecular complexity index is 1780. The summed E-state index contributed by atoms with van der Waals surface area (Å²) < 4.78 is 7.52. The van der Waals surface area contributed by atoms with Crippen LogP contribution in [0.15, 0.2) is 66.9 Å². The number of methoxy groups -OCH3 is 1. The molecule has 0 spiro atoms. The van der Waals surface area contributed by atoms with Crippen molar-refractivity contribution in [2.75, 3.05) is 60.0 Å². The van der Waals surface area contributed by atoms with E-state index in [4.69, 9.17) is 4.74 Å². The lowest BCUT2D eigenvalue weighted by Crippen LogP contribution is -2.53. The molecule has 0 aliphatic carbocycles. The molecule has 0 unspecified atom stereocenters. The van der Waals surface area contributed by atoms with Crippen molar-refractivity contribution in [2.45, 2.75) is 58.5 Å². The minimum atomic E-state index is -0.153. The van der Waals surface area contributed by atoms with Crippen molar-refractivity contribution < 1.29 is 19.4 Å². The van der Waals surface area contributed by atoms with E-state index in [0.717, 1.165) is 81.3 Å². The maximum absolute atomic E-state index is 14.9. The Morgan fingerprint density at radius 1 is 0.882 bits per heavy atom. The number of phenolic OH excluding ortho intramolecular Hbond substituents is 1. The van der Waals surface area contributed by atoms with Crippen LogP contribution in [0.1, 0.15) is 71.4 Å². The largest absolute Gasteiger partial charge is 0.504 e. The number of carbonyl (C=O) groups is 2. The molecule has 276 valence electrons. The van der Waals surface area contributed by atoms with Gasteiger partial charge in [-0.2, -0.15) is 0 Å². The van der Waals surface area contributed by atoms with Crippen LogP contribution >= 0.6 is 24.8 Å². The second kappa shape index (κ2) is 18.1. The standard InChI is InChI=1S/C40H51N5O4.2ClH/c1-5-7-17-43(18-8-6-2)39(47)34-28-45(35-16-12-11-15-32(34)35)36-25-38(49-4)37(46)24-33(36)40(48)44-26-30-14-10-9-13-29(30)23-31(44)27-42-21-19-41(3)20-22-42;;/h9-16,24-25,28,31,46H,5-8,17-23,26-27H2,1-4H3;2*1H/t31-;;/m0../s1. The number of rotatable bonds is 12. The van der Waals surface area contributed by atoms with E-state index in [9.17, 15) is 14.7 Å². The smallest absolute Gasteiger partial charge is 0.256 e. The monoisotopic (exact) mass is 737 g/mol. The summed E-state index contributed by atoms with van der Waals surface area (Å²) in [5.74, 6) is 0.0125. The van der Waals surface area contributed by atoms with Crippen LogP contribution in [0.5, 0.6) is 11.5 Å². The van der Waals surface area contributed by atoms with E-state index >= 15 is 0 Å². The molecule has 0 saturated carbocycles. The van der Waals surface area contributed by atoms with Gasteiger partial charge in [0.05, 0.1) is 29.4 Å². The Morgan fingerprint density at radius 2 is 1.53 bits per heavy atom. The summed E-state index contributed by atoms with van der Waals surface area (Å²) in [5.41, 5.74) is 4.78. The van der Waals surface area contributed by atoms with E-state index in [1.807, 2.05) is 50.9 Å². The van der Waals surface area contributed by atoms with Crippen molar-refractivity contribution in [1.82, 2.24) is 24.2 Å². The van der Waals surface area contributed by atoms with E-state index in [0.29, 0.717) is 36.4 Å². The fraction of sp³-hybridized carbons (Fsp3) is 0.450. The molecular weight excluding hydrogens is 685 g/mol. The number of halogens is 2. The number of ether oxygens (including phenoxy) is 1. The molecule has 2 aliphatic heterocycles. The molecule has 0 radical (unpaired) electrons. The first kappa shape index (κ1) is 40.0. The molecule has 3 heterocycles. The number of unbranched alkanes of at least 4 members (excludes halogenated alkanes) is 2. The predicted octanol–water partition coefficient (Wildman–Crippen LogP) is 7.05. The molecule has 6 rings (SSSR count). The van der Waals surface area contributed by atoms with Crippen molar-refractivity contribution in [2.24, 2.45) is 0 Å². The summed E-state index contributed by atoms with van der Waals surface area (Å²) in [7, 11) is 3.66. The Hall–Kier alpha value is -3.76. The maximum Gasteiger partial charge on any atom is 0.256 e. The van der Waals surface area contributed by atoms with E-state index in [2.05, 4.69) is 48.9 Å². The summed E-state index contributed by atoms with van der Waals surface area (Å²) in [6.45, 7) is 10.9. The highest BCUT2D eigenvalue weighted by molar-refractivity contribution is 6.08. The second-order valence-corrected chi connectivity index (χ2v) is 13.6. The number of amides is 2. The van der Waals surface area contributed by atoms with E-state index in [1.165, 1.54) is 18.7 Å². The molecule has 1 fully saturated rings. The third-order valence-corrected chi connectivity index (χ3v) is 10.3. The quantitative estimate of drug-likeness (QED) is 0.168. The molecule has 3 aromatic carbocycles. The van der Waals surface area contributed by atoms with Crippen LogP contribution in [0.2, 0.25) is 0 Å². The molecule has 2 amide bonds. The van der Waals surface area contributed by atoms with Gasteiger partial charge in [-0.15, -0.1) is 24.8 Å². The summed E-state index contributed by atoms with van der Waals surface area (Å²) in [5, 5.41) is 11.9. The van der Waals surface area contributed by atoms with Crippen molar-refractivity contribution in [1.29, 1.82) is 0 Å². The Balaban J connectivity index is 0.00000292. The lowest BCUT2D eigenvalue weighted by atomic mass is 9.92. The number of para-hydroxylation sites is 1. The SMILES string of the molecule is CCCCN(CCCC)C(=O)c1cn(-c2cc(OC)c(O)cc2C(=O)N2Cc3ccccc3C[C@H]2CN2CCN(C)CC2)c2ccccc12.Cl.Cl. The lowest BCUT2D eigenvalue weighted by Gasteiger charge is -2.41. The highest BCUT2D eigenvalue weighted by atomic mass is 35.5. The maximum atomic E-state index is 14.9. The van der Waals surface area contributed by atoms with Gasteiger partial charge in [0.25, 0.3) is 11.8 Å². The van der Waals surface area contributed by atoms with Gasteiger partial charge in [-0.3, -0.25) is 14.5 Å². The van der Waals surface area contributed by atoms with Crippen molar-refractivity contribution in [3.8, 4) is 17.2 Å². The van der Waals surface area contributed by atoms with Crippen LogP contribution in [0.4, 0.5) is 0 Å². The zero-order valence-corrected chi connectivity index (χ0v) is 32.0. The first-order valence-electron chi connectivity index (χ1n) is 17.9. The van der Waals surface area contributed by atoms with Gasteiger partial charge in [-0.25, -0.2) is 0 Å². The number of benzene rings is 3. The van der Waals surface area contributed by atoms with Crippen LogP contribution in [0.25, 0.3) is 16.6 Å². The summed E-state index contributed by atoms with van der Waals surface area (Å²) in [6.07, 6.45) is 6.53. The Labute approximate surface area is 315 Å². The highest BCUT2D eigenvalue weighted by Gasteiger charge is 2.34. The molecule has 4 aromatic rings. The number of phenols is 1. The molecule has 51 heavy (non-hydrogen) atoms. The van der Waals surface area contributed by atoms with Crippen LogP contribution in [0, 0.1) is 0 Å². The van der Waals surface area contributed by atoms with Gasteiger partial charge in [0.2, 0.25) is 0 Å². The Morgan fingerprint density at radius 3 is 2.20 bits per heavy atom. The molecule has 2 aliphatic rings. The first-order chi connectivity index (χ1) is 23.8. The van der Waals surface area contributed by atoms with Crippen LogP contribution in [0.3, 0.4) is 0 Å². The normalized spacial score (nSPS) is 16.2. The van der Waals surface area contributed by atoms with Crippen molar-refractivity contribution >= 4 is 47.5 Å². The number of nitrogens with zero attached hydrogens (tertiary/aromatic N) is 5. The van der Waals surface area contributed by atoms with Gasteiger partial charge in [0.15, 0.2) is 11.5 Å². The van der Waals surface area contributed by atoms with Gasteiger partial charge in [0.1, 0.15) is 0 Å². The summed E-state index contributed by atoms with van der Waals surface area (Å²) in [6, 6.07) is 19.5. The number of fused-ring (bicyclic) bond motifs is 2. The predicted molar refractivity (Wildman–Crippen MR) is 209 cm³/mol. The van der Waals surface area contributed by atoms with E-state index in [-0.39, 0.29) is 54.2 Å². The van der Waals surface area contributed by atoms with Gasteiger partial charge in [-0.1, -0.05) is 69.2 Å². The fourth-order valence-electron chi connectivity index (χ4n) is 7.30. The zero-order valence-electron chi connectivity index (χ0n) is 30.3. The van der Waals surface area contributed by atoms with Gasteiger partial charge in [-0.05, 0) is 49.6 Å². The van der Waals surface area contributed by atoms with Gasteiger partial charge >= 0.3 is 0 Å². The fourth-order valence-corrected chi connectivity index (χ4v) is 7.30. The number of aromatic nitrogens is 1. The molecule has 1 saturated heterocycles. The van der Waals surface area contributed by atoms with E-state index in [1.54, 1.807) is 6.07 Å². The van der Waals surface area contributed by atoms with Gasteiger partial charge in [0, 0.05) is 76.0 Å². The first-order valence-corrected chi connectivity index (χ1v) is 17.9. The Kier molecular flexibility index (Phi) is 14.2. The third-order valence-electron chi connectivity index (χ3n) is 10.3. The third kappa shape index (κ3) is 8.66. The van der Waals surface area contributed by atoms with Crippen LogP contribution in [-0.4, -0.2) is 107 Å². The van der Waals surface area contributed by atoms with Crippen molar-refractivity contribution in [3.63, 3.8) is 0 Å². The number of carbonyl (C=O) groups excluding carboxylic acids is 2. The molecule has 9 nitrogen and oxygen atoms in total. The number of hydrogen-bond acceptors (Lipinski definition) is 6. The molecule has 11 heteroatoms. The van der Waals surface area contributed by atoms with Crippen LogP contribution in [-0.2, 0) is 13.0 Å². The van der Waals surface area contributed by atoms with Gasteiger partial charge < -0.3 is 29.1 Å². The molecular formula is C40H53Cl2N5O4. The number of aromatic hydroxyl groups is 1. The second-order valence-electron chi connectivity index (χ2n) is 13.6. The number of piperazine rings is 1. The minimum Gasteiger partial charge on any atom is -0.504 e. The summed E-state index contributed by atoms with van der Waals surface area (Å²) in [4.78, 5) is 37.9. The molecule has 1 aromatic heterocycles. The zero-order chi connectivity index (χ0) is 34.5. The molecule has 1 N–H and O–H groups in total. The molecule has 1 atom stereocenters. The molecule has 0 bridgehead atoms. The number of likely N-dealkylation sites (N-methyl/N-ethyl adjacent to an activating group) is 1. The van der Waals surface area contributed by atoms with E-state index < -0.39 is 0 Å². The number of hydrogen-bond donors (Lipinski definition) is 1. The highest BCUT2D eigenvalue weighted by Crippen LogP contribution is 2.37. The average Bonchev–Trinajstić information content (AvgIpc) is 3.51. The van der Waals surface area contributed by atoms with Crippen molar-refractivity contribution in [3.05, 3.63) is 89.1 Å². The minimum absolute atomic E-state index is 0. The topological polar surface area (TPSA) is 81.5 Å². The lowest BCUT2D eigenvalue weighted by molar-refractivity contribution is 0.0535. The average molecular weight is 739 g/mol.